The Labute approximate surface area is 179 Å². The van der Waals surface area contributed by atoms with Gasteiger partial charge in [0.2, 0.25) is 0 Å². The van der Waals surface area contributed by atoms with Crippen LogP contribution in [0.25, 0.3) is 0 Å². The molecule has 2 aromatic rings. The van der Waals surface area contributed by atoms with Crippen LogP contribution in [0.5, 0.6) is 0 Å². The van der Waals surface area contributed by atoms with Crippen molar-refractivity contribution in [3.05, 3.63) is 53.6 Å². The Balaban J connectivity index is 1.25. The van der Waals surface area contributed by atoms with Crippen molar-refractivity contribution in [3.63, 3.8) is 0 Å². The lowest BCUT2D eigenvalue weighted by Gasteiger charge is -2.32. The number of rotatable bonds is 4. The minimum absolute atomic E-state index is 0.0528. The van der Waals surface area contributed by atoms with Crippen molar-refractivity contribution >= 4 is 23.5 Å². The number of anilines is 1. The standard InChI is InChI=1S/C22H26FN5O3/c23-16-3-5-17(6-4-16)25-22(31)26-18-7-11-28(12-8-18)20(29)15-13-19(24-14-15)21(30)27-9-1-2-10-27/h3-6,13-14,18,24H,1-2,7-12H2,(H2,25,26,31). The predicted octanol–water partition coefficient (Wildman–Crippen LogP) is 2.82. The first-order chi connectivity index (χ1) is 15.0. The topological polar surface area (TPSA) is 97.5 Å². The van der Waals surface area contributed by atoms with Gasteiger partial charge in [0.15, 0.2) is 0 Å². The number of aromatic amines is 1. The van der Waals surface area contributed by atoms with Gasteiger partial charge in [-0.2, -0.15) is 0 Å². The number of hydrogen-bond acceptors (Lipinski definition) is 3. The van der Waals surface area contributed by atoms with Crippen molar-refractivity contribution in [1.82, 2.24) is 20.1 Å². The van der Waals surface area contributed by atoms with E-state index < -0.39 is 0 Å². The van der Waals surface area contributed by atoms with E-state index in [1.54, 1.807) is 22.1 Å². The molecule has 8 nitrogen and oxygen atoms in total. The van der Waals surface area contributed by atoms with Gasteiger partial charge < -0.3 is 25.4 Å². The fourth-order valence-electron chi connectivity index (χ4n) is 4.03. The number of H-pyrrole nitrogens is 1. The normalized spacial score (nSPS) is 16.9. The molecule has 9 heteroatoms. The maximum Gasteiger partial charge on any atom is 0.319 e. The van der Waals surface area contributed by atoms with Crippen LogP contribution in [0.15, 0.2) is 36.5 Å². The average Bonchev–Trinajstić information content (AvgIpc) is 3.47. The van der Waals surface area contributed by atoms with E-state index in [1.807, 2.05) is 0 Å². The SMILES string of the molecule is O=C(Nc1ccc(F)cc1)NC1CCN(C(=O)c2c[nH]c(C(=O)N3CCCC3)c2)CC1. The summed E-state index contributed by atoms with van der Waals surface area (Å²) >= 11 is 0. The lowest BCUT2D eigenvalue weighted by Crippen LogP contribution is -2.47. The highest BCUT2D eigenvalue weighted by Crippen LogP contribution is 2.17. The van der Waals surface area contributed by atoms with E-state index in [1.165, 1.54) is 24.3 Å². The quantitative estimate of drug-likeness (QED) is 0.700. The van der Waals surface area contributed by atoms with Gasteiger partial charge in [-0.3, -0.25) is 9.59 Å². The molecule has 0 spiro atoms. The van der Waals surface area contributed by atoms with Gasteiger partial charge in [-0.25, -0.2) is 9.18 Å². The molecule has 164 valence electrons. The van der Waals surface area contributed by atoms with Crippen LogP contribution >= 0.6 is 0 Å². The van der Waals surface area contributed by atoms with Crippen LogP contribution in [0.4, 0.5) is 14.9 Å². The molecule has 3 N–H and O–H groups in total. The zero-order valence-electron chi connectivity index (χ0n) is 17.2. The smallest absolute Gasteiger partial charge is 0.319 e. The molecular formula is C22H26FN5O3. The molecular weight excluding hydrogens is 401 g/mol. The van der Waals surface area contributed by atoms with E-state index in [9.17, 15) is 18.8 Å². The van der Waals surface area contributed by atoms with Crippen LogP contribution in [0.2, 0.25) is 0 Å². The number of urea groups is 1. The van der Waals surface area contributed by atoms with E-state index in [4.69, 9.17) is 0 Å². The average molecular weight is 427 g/mol. The Hall–Kier alpha value is -3.36. The molecule has 1 aromatic carbocycles. The summed E-state index contributed by atoms with van der Waals surface area (Å²) in [5.41, 5.74) is 1.43. The molecule has 4 amide bonds. The summed E-state index contributed by atoms with van der Waals surface area (Å²) in [5.74, 6) is -0.546. The number of hydrogen-bond donors (Lipinski definition) is 3. The summed E-state index contributed by atoms with van der Waals surface area (Å²) in [6.07, 6.45) is 4.89. The van der Waals surface area contributed by atoms with Gasteiger partial charge in [0.1, 0.15) is 11.5 Å². The molecule has 0 unspecified atom stereocenters. The highest BCUT2D eigenvalue weighted by atomic mass is 19.1. The maximum absolute atomic E-state index is 13.0. The number of amides is 4. The monoisotopic (exact) mass is 427 g/mol. The Morgan fingerprint density at radius 2 is 1.58 bits per heavy atom. The molecule has 0 saturated carbocycles. The van der Waals surface area contributed by atoms with Crippen LogP contribution in [0.3, 0.4) is 0 Å². The van der Waals surface area contributed by atoms with E-state index in [0.29, 0.717) is 42.9 Å². The second-order valence-corrected chi connectivity index (χ2v) is 7.97. The minimum Gasteiger partial charge on any atom is -0.356 e. The minimum atomic E-state index is -0.363. The van der Waals surface area contributed by atoms with Gasteiger partial charge >= 0.3 is 6.03 Å². The van der Waals surface area contributed by atoms with Crippen LogP contribution < -0.4 is 10.6 Å². The number of aromatic nitrogens is 1. The maximum atomic E-state index is 13.0. The van der Waals surface area contributed by atoms with Crippen molar-refractivity contribution in [2.45, 2.75) is 31.7 Å². The van der Waals surface area contributed by atoms with Crippen molar-refractivity contribution in [1.29, 1.82) is 0 Å². The van der Waals surface area contributed by atoms with Crippen molar-refractivity contribution in [2.24, 2.45) is 0 Å². The molecule has 2 aliphatic heterocycles. The molecule has 2 aliphatic rings. The van der Waals surface area contributed by atoms with E-state index in [0.717, 1.165) is 25.9 Å². The summed E-state index contributed by atoms with van der Waals surface area (Å²) in [6, 6.07) is 6.78. The fourth-order valence-corrected chi connectivity index (χ4v) is 4.03. The predicted molar refractivity (Wildman–Crippen MR) is 113 cm³/mol. The largest absolute Gasteiger partial charge is 0.356 e. The number of nitrogens with zero attached hydrogens (tertiary/aromatic N) is 2. The van der Waals surface area contributed by atoms with E-state index in [2.05, 4.69) is 15.6 Å². The summed E-state index contributed by atoms with van der Waals surface area (Å²) in [4.78, 5) is 43.9. The van der Waals surface area contributed by atoms with Crippen molar-refractivity contribution in [2.75, 3.05) is 31.5 Å². The summed E-state index contributed by atoms with van der Waals surface area (Å²) < 4.78 is 13.0. The number of carbonyl (C=O) groups excluding carboxylic acids is 3. The van der Waals surface area contributed by atoms with Crippen molar-refractivity contribution in [3.8, 4) is 0 Å². The van der Waals surface area contributed by atoms with Gasteiger partial charge in [-0.1, -0.05) is 0 Å². The van der Waals surface area contributed by atoms with E-state index in [-0.39, 0.29) is 29.7 Å². The first-order valence-electron chi connectivity index (χ1n) is 10.6. The number of halogens is 1. The third kappa shape index (κ3) is 5.04. The molecule has 0 atom stereocenters. The molecule has 4 rings (SSSR count). The molecule has 2 fully saturated rings. The zero-order valence-corrected chi connectivity index (χ0v) is 17.2. The van der Waals surface area contributed by atoms with Crippen molar-refractivity contribution < 1.29 is 18.8 Å². The molecule has 1 aromatic heterocycles. The Morgan fingerprint density at radius 3 is 2.26 bits per heavy atom. The highest BCUT2D eigenvalue weighted by molar-refractivity contribution is 5.99. The Morgan fingerprint density at radius 1 is 0.935 bits per heavy atom. The van der Waals surface area contributed by atoms with Gasteiger partial charge in [0.25, 0.3) is 11.8 Å². The van der Waals surface area contributed by atoms with Crippen LogP contribution in [-0.4, -0.2) is 64.9 Å². The Kier molecular flexibility index (Phi) is 6.20. The summed E-state index contributed by atoms with van der Waals surface area (Å²) in [5, 5.41) is 5.57. The summed E-state index contributed by atoms with van der Waals surface area (Å²) in [7, 11) is 0. The number of nitrogens with one attached hydrogen (secondary N) is 3. The van der Waals surface area contributed by atoms with Gasteiger partial charge in [-0.15, -0.1) is 0 Å². The second kappa shape index (κ2) is 9.20. The Bertz CT molecular complexity index is 944. The first kappa shape index (κ1) is 20.9. The molecule has 3 heterocycles. The number of piperidine rings is 1. The number of carbonyl (C=O) groups is 3. The summed E-state index contributed by atoms with van der Waals surface area (Å²) in [6.45, 7) is 2.55. The molecule has 0 radical (unpaired) electrons. The lowest BCUT2D eigenvalue weighted by molar-refractivity contribution is 0.0709. The third-order valence-electron chi connectivity index (χ3n) is 5.77. The molecule has 0 aliphatic carbocycles. The van der Waals surface area contributed by atoms with E-state index >= 15 is 0 Å². The lowest BCUT2D eigenvalue weighted by atomic mass is 10.0. The first-order valence-corrected chi connectivity index (χ1v) is 10.6. The fraction of sp³-hybridized carbons (Fsp3) is 0.409. The van der Waals surface area contributed by atoms with Gasteiger partial charge in [-0.05, 0) is 56.0 Å². The molecule has 0 bridgehead atoms. The number of benzene rings is 1. The third-order valence-corrected chi connectivity index (χ3v) is 5.77. The van der Waals surface area contributed by atoms with Crippen LogP contribution in [0, 0.1) is 5.82 Å². The second-order valence-electron chi connectivity index (χ2n) is 7.97. The molecule has 31 heavy (non-hydrogen) atoms. The highest BCUT2D eigenvalue weighted by Gasteiger charge is 2.27. The van der Waals surface area contributed by atoms with Gasteiger partial charge in [0.05, 0.1) is 5.56 Å². The zero-order chi connectivity index (χ0) is 21.8. The number of likely N-dealkylation sites (tertiary alicyclic amines) is 2. The molecule has 2 saturated heterocycles. The van der Waals surface area contributed by atoms with Crippen LogP contribution in [0.1, 0.15) is 46.5 Å². The van der Waals surface area contributed by atoms with Gasteiger partial charge in [0, 0.05) is 44.1 Å². The van der Waals surface area contributed by atoms with Crippen LogP contribution in [-0.2, 0) is 0 Å².